The van der Waals surface area contributed by atoms with Gasteiger partial charge >= 0.3 is 0 Å². The molecule has 1 unspecified atom stereocenters. The first kappa shape index (κ1) is 7.56. The highest BCUT2D eigenvalue weighted by atomic mass is 16.5. The van der Waals surface area contributed by atoms with Crippen LogP contribution in [-0.4, -0.2) is 36.7 Å². The zero-order chi connectivity index (χ0) is 7.73. The van der Waals surface area contributed by atoms with Crippen LogP contribution in [0.3, 0.4) is 0 Å². The molecule has 2 heteroatoms. The Morgan fingerprint density at radius 1 is 1.45 bits per heavy atom. The Balaban J connectivity index is 1.92. The van der Waals surface area contributed by atoms with Crippen LogP contribution in [0.5, 0.6) is 0 Å². The molecule has 0 aliphatic carbocycles. The van der Waals surface area contributed by atoms with Crippen LogP contribution in [-0.2, 0) is 4.74 Å². The van der Waals surface area contributed by atoms with Gasteiger partial charge in [-0.2, -0.15) is 0 Å². The normalized spacial score (nSPS) is 39.0. The van der Waals surface area contributed by atoms with Crippen molar-refractivity contribution in [3.8, 4) is 0 Å². The average Bonchev–Trinajstić information content (AvgIpc) is 2.02. The fourth-order valence-electron chi connectivity index (χ4n) is 2.17. The first-order chi connectivity index (χ1) is 5.35. The van der Waals surface area contributed by atoms with Crippen LogP contribution in [0.4, 0.5) is 0 Å². The van der Waals surface area contributed by atoms with E-state index in [2.05, 4.69) is 11.8 Å². The van der Waals surface area contributed by atoms with E-state index in [1.165, 1.54) is 38.9 Å². The molecule has 0 radical (unpaired) electrons. The molecule has 0 aromatic carbocycles. The smallest absolute Gasteiger partial charge is 0.0831 e. The molecule has 0 aromatic heterocycles. The van der Waals surface area contributed by atoms with Crippen molar-refractivity contribution in [1.82, 2.24) is 4.90 Å². The summed E-state index contributed by atoms with van der Waals surface area (Å²) >= 11 is 0. The maximum absolute atomic E-state index is 5.65. The molecule has 1 spiro atoms. The highest BCUT2D eigenvalue weighted by molar-refractivity contribution is 4.93. The van der Waals surface area contributed by atoms with Crippen LogP contribution < -0.4 is 0 Å². The standard InChI is InChI=1S/C9H17NO/c1-2-10-6-3-4-9(8-10)5-7-11-9/h2-8H2,1H3. The lowest BCUT2D eigenvalue weighted by Gasteiger charge is -2.48. The number of hydrogen-bond donors (Lipinski definition) is 0. The summed E-state index contributed by atoms with van der Waals surface area (Å²) in [7, 11) is 0. The molecule has 2 heterocycles. The minimum absolute atomic E-state index is 0.300. The molecule has 2 aliphatic heterocycles. The Hall–Kier alpha value is -0.0800. The van der Waals surface area contributed by atoms with Crippen LogP contribution in [0.1, 0.15) is 26.2 Å². The summed E-state index contributed by atoms with van der Waals surface area (Å²) in [4.78, 5) is 2.50. The predicted molar refractivity (Wildman–Crippen MR) is 44.6 cm³/mol. The molecule has 0 bridgehead atoms. The summed E-state index contributed by atoms with van der Waals surface area (Å²) in [6.07, 6.45) is 3.92. The molecule has 2 aliphatic rings. The summed E-state index contributed by atoms with van der Waals surface area (Å²) in [5.41, 5.74) is 0.300. The van der Waals surface area contributed by atoms with Crippen LogP contribution in [0.2, 0.25) is 0 Å². The Kier molecular flexibility index (Phi) is 1.90. The van der Waals surface area contributed by atoms with Crippen LogP contribution >= 0.6 is 0 Å². The minimum Gasteiger partial charge on any atom is -0.373 e. The second kappa shape index (κ2) is 2.76. The van der Waals surface area contributed by atoms with Gasteiger partial charge in [-0.05, 0) is 25.9 Å². The SMILES string of the molecule is CCN1CCCC2(CCO2)C1. The Morgan fingerprint density at radius 3 is 2.82 bits per heavy atom. The van der Waals surface area contributed by atoms with Gasteiger partial charge in [0.05, 0.1) is 12.2 Å². The van der Waals surface area contributed by atoms with Crippen LogP contribution in [0.25, 0.3) is 0 Å². The van der Waals surface area contributed by atoms with Crippen molar-refractivity contribution in [3.63, 3.8) is 0 Å². The second-order valence-electron chi connectivity index (χ2n) is 3.75. The number of piperidine rings is 1. The van der Waals surface area contributed by atoms with E-state index in [1.54, 1.807) is 0 Å². The average molecular weight is 155 g/mol. The number of likely N-dealkylation sites (tertiary alicyclic amines) is 1. The third kappa shape index (κ3) is 1.30. The minimum atomic E-state index is 0.300. The summed E-state index contributed by atoms with van der Waals surface area (Å²) in [6.45, 7) is 6.88. The quantitative estimate of drug-likeness (QED) is 0.565. The fraction of sp³-hybridized carbons (Fsp3) is 1.00. The molecule has 64 valence electrons. The molecule has 0 N–H and O–H groups in total. The molecule has 0 amide bonds. The van der Waals surface area contributed by atoms with Crippen LogP contribution in [0.15, 0.2) is 0 Å². The highest BCUT2D eigenvalue weighted by Crippen LogP contribution is 2.34. The zero-order valence-corrected chi connectivity index (χ0v) is 7.31. The maximum atomic E-state index is 5.65. The third-order valence-electron chi connectivity index (χ3n) is 3.03. The summed E-state index contributed by atoms with van der Waals surface area (Å²) < 4.78 is 5.65. The van der Waals surface area contributed by atoms with E-state index in [0.29, 0.717) is 5.60 Å². The van der Waals surface area contributed by atoms with Gasteiger partial charge in [0.2, 0.25) is 0 Å². The number of rotatable bonds is 1. The monoisotopic (exact) mass is 155 g/mol. The lowest BCUT2D eigenvalue weighted by Crippen LogP contribution is -2.55. The van der Waals surface area contributed by atoms with E-state index in [9.17, 15) is 0 Å². The van der Waals surface area contributed by atoms with Gasteiger partial charge in [-0.1, -0.05) is 6.92 Å². The number of hydrogen-bond acceptors (Lipinski definition) is 2. The van der Waals surface area contributed by atoms with Crippen molar-refractivity contribution >= 4 is 0 Å². The van der Waals surface area contributed by atoms with E-state index in [1.807, 2.05) is 0 Å². The van der Waals surface area contributed by atoms with Gasteiger partial charge in [0, 0.05) is 13.0 Å². The second-order valence-corrected chi connectivity index (χ2v) is 3.75. The molecular formula is C9H17NO. The summed E-state index contributed by atoms with van der Waals surface area (Å²) in [6, 6.07) is 0. The van der Waals surface area contributed by atoms with E-state index in [0.717, 1.165) is 6.61 Å². The first-order valence-electron chi connectivity index (χ1n) is 4.71. The predicted octanol–water partition coefficient (Wildman–Crippen LogP) is 1.26. The van der Waals surface area contributed by atoms with Crippen molar-refractivity contribution in [2.24, 2.45) is 0 Å². The zero-order valence-electron chi connectivity index (χ0n) is 7.31. The molecule has 1 atom stereocenters. The van der Waals surface area contributed by atoms with Gasteiger partial charge in [0.1, 0.15) is 0 Å². The summed E-state index contributed by atoms with van der Waals surface area (Å²) in [5.74, 6) is 0. The number of likely N-dealkylation sites (N-methyl/N-ethyl adjacent to an activating group) is 1. The third-order valence-corrected chi connectivity index (χ3v) is 3.03. The molecular weight excluding hydrogens is 138 g/mol. The van der Waals surface area contributed by atoms with Crippen molar-refractivity contribution in [2.75, 3.05) is 26.2 Å². The van der Waals surface area contributed by atoms with Gasteiger partial charge in [-0.15, -0.1) is 0 Å². The Labute approximate surface area is 68.5 Å². The topological polar surface area (TPSA) is 12.5 Å². The Morgan fingerprint density at radius 2 is 2.27 bits per heavy atom. The van der Waals surface area contributed by atoms with E-state index in [-0.39, 0.29) is 0 Å². The number of ether oxygens (including phenoxy) is 1. The van der Waals surface area contributed by atoms with Crippen molar-refractivity contribution in [3.05, 3.63) is 0 Å². The van der Waals surface area contributed by atoms with Gasteiger partial charge in [-0.3, -0.25) is 0 Å². The molecule has 2 fully saturated rings. The first-order valence-corrected chi connectivity index (χ1v) is 4.71. The van der Waals surface area contributed by atoms with Crippen molar-refractivity contribution < 1.29 is 4.74 Å². The highest BCUT2D eigenvalue weighted by Gasteiger charge is 2.41. The fourth-order valence-corrected chi connectivity index (χ4v) is 2.17. The lowest BCUT2D eigenvalue weighted by molar-refractivity contribution is -0.176. The van der Waals surface area contributed by atoms with E-state index < -0.39 is 0 Å². The molecule has 0 aromatic rings. The van der Waals surface area contributed by atoms with Gasteiger partial charge < -0.3 is 9.64 Å². The largest absolute Gasteiger partial charge is 0.373 e. The number of nitrogens with zero attached hydrogens (tertiary/aromatic N) is 1. The molecule has 11 heavy (non-hydrogen) atoms. The Bertz CT molecular complexity index is 142. The lowest BCUT2D eigenvalue weighted by atomic mass is 9.86. The van der Waals surface area contributed by atoms with Crippen LogP contribution in [0, 0.1) is 0 Å². The van der Waals surface area contributed by atoms with E-state index >= 15 is 0 Å². The molecule has 0 saturated carbocycles. The van der Waals surface area contributed by atoms with E-state index in [4.69, 9.17) is 4.74 Å². The van der Waals surface area contributed by atoms with Gasteiger partial charge in [0.25, 0.3) is 0 Å². The molecule has 2 nitrogen and oxygen atoms in total. The molecule has 2 rings (SSSR count). The van der Waals surface area contributed by atoms with Crippen molar-refractivity contribution in [1.29, 1.82) is 0 Å². The molecule has 2 saturated heterocycles. The summed E-state index contributed by atoms with van der Waals surface area (Å²) in [5, 5.41) is 0. The van der Waals surface area contributed by atoms with Crippen molar-refractivity contribution in [2.45, 2.75) is 31.8 Å². The van der Waals surface area contributed by atoms with Gasteiger partial charge in [0.15, 0.2) is 0 Å². The van der Waals surface area contributed by atoms with Gasteiger partial charge in [-0.25, -0.2) is 0 Å². The maximum Gasteiger partial charge on any atom is 0.0831 e.